The van der Waals surface area contributed by atoms with Crippen LogP contribution in [0.15, 0.2) is 0 Å². The van der Waals surface area contributed by atoms with Crippen molar-refractivity contribution in [1.29, 1.82) is 0 Å². The van der Waals surface area contributed by atoms with E-state index in [0.717, 1.165) is 57.8 Å². The molecule has 0 aromatic carbocycles. The standard InChI is InChI=1S/C21H38O6/c1-4-7-10-12-15-25-19(22)17-18(20(23)26-14-9-6-3)21(24)27-16-13-11-8-5-2/h18H,4-17H2,1-3H3. The van der Waals surface area contributed by atoms with Crippen LogP contribution in [-0.4, -0.2) is 37.7 Å². The zero-order chi connectivity index (χ0) is 20.3. The van der Waals surface area contributed by atoms with Gasteiger partial charge >= 0.3 is 17.9 Å². The van der Waals surface area contributed by atoms with E-state index in [1.165, 1.54) is 0 Å². The first kappa shape index (κ1) is 25.4. The van der Waals surface area contributed by atoms with Gasteiger partial charge in [-0.1, -0.05) is 65.7 Å². The van der Waals surface area contributed by atoms with Gasteiger partial charge in [-0.3, -0.25) is 14.4 Å². The maximum atomic E-state index is 12.3. The largest absolute Gasteiger partial charge is 0.466 e. The molecular weight excluding hydrogens is 348 g/mol. The number of carbonyl (C=O) groups is 3. The van der Waals surface area contributed by atoms with Crippen molar-refractivity contribution in [2.24, 2.45) is 5.92 Å². The van der Waals surface area contributed by atoms with Crippen LogP contribution in [-0.2, 0) is 28.6 Å². The Morgan fingerprint density at radius 3 is 1.52 bits per heavy atom. The molecule has 6 heteroatoms. The minimum absolute atomic E-state index is 0.238. The number of hydrogen-bond acceptors (Lipinski definition) is 6. The Labute approximate surface area is 164 Å². The van der Waals surface area contributed by atoms with Crippen molar-refractivity contribution in [2.75, 3.05) is 19.8 Å². The molecule has 0 amide bonds. The highest BCUT2D eigenvalue weighted by atomic mass is 16.6. The summed E-state index contributed by atoms with van der Waals surface area (Å²) >= 11 is 0. The molecule has 0 aliphatic rings. The summed E-state index contributed by atoms with van der Waals surface area (Å²) in [6.45, 7) is 6.98. The van der Waals surface area contributed by atoms with Crippen LogP contribution >= 0.6 is 0 Å². The smallest absolute Gasteiger partial charge is 0.320 e. The summed E-state index contributed by atoms with van der Waals surface area (Å²) in [6.07, 6.45) is 9.11. The minimum Gasteiger partial charge on any atom is -0.466 e. The van der Waals surface area contributed by atoms with E-state index in [1.807, 2.05) is 6.92 Å². The van der Waals surface area contributed by atoms with Gasteiger partial charge < -0.3 is 14.2 Å². The van der Waals surface area contributed by atoms with E-state index in [9.17, 15) is 14.4 Å². The van der Waals surface area contributed by atoms with Gasteiger partial charge in [0.1, 0.15) is 0 Å². The van der Waals surface area contributed by atoms with Crippen LogP contribution in [0.25, 0.3) is 0 Å². The zero-order valence-electron chi connectivity index (χ0n) is 17.4. The minimum atomic E-state index is -1.24. The SMILES string of the molecule is CCCCCCOC(=O)CC(C(=O)OCCCC)C(=O)OCCCCCC. The van der Waals surface area contributed by atoms with Crippen LogP contribution in [0.5, 0.6) is 0 Å². The number of unbranched alkanes of at least 4 members (excludes halogenated alkanes) is 7. The van der Waals surface area contributed by atoms with E-state index in [-0.39, 0.29) is 19.6 Å². The maximum absolute atomic E-state index is 12.3. The highest BCUT2D eigenvalue weighted by Gasteiger charge is 2.32. The molecule has 27 heavy (non-hydrogen) atoms. The molecule has 0 bridgehead atoms. The molecule has 0 heterocycles. The first-order valence-electron chi connectivity index (χ1n) is 10.6. The molecule has 0 aliphatic heterocycles. The van der Waals surface area contributed by atoms with E-state index in [4.69, 9.17) is 14.2 Å². The molecule has 0 fully saturated rings. The van der Waals surface area contributed by atoms with Gasteiger partial charge in [-0.05, 0) is 19.3 Å². The van der Waals surface area contributed by atoms with Crippen molar-refractivity contribution in [3.8, 4) is 0 Å². The molecular formula is C21H38O6. The number of rotatable bonds is 17. The third-order valence-electron chi connectivity index (χ3n) is 4.19. The quantitative estimate of drug-likeness (QED) is 0.157. The summed E-state index contributed by atoms with van der Waals surface area (Å²) in [5, 5.41) is 0. The monoisotopic (exact) mass is 386 g/mol. The molecule has 0 saturated heterocycles. The Morgan fingerprint density at radius 2 is 1.04 bits per heavy atom. The molecule has 0 radical (unpaired) electrons. The van der Waals surface area contributed by atoms with Crippen molar-refractivity contribution >= 4 is 17.9 Å². The zero-order valence-corrected chi connectivity index (χ0v) is 17.4. The maximum Gasteiger partial charge on any atom is 0.320 e. The summed E-state index contributed by atoms with van der Waals surface area (Å²) in [6, 6.07) is 0. The first-order chi connectivity index (χ1) is 13.1. The van der Waals surface area contributed by atoms with Crippen molar-refractivity contribution in [2.45, 2.75) is 91.4 Å². The molecule has 6 nitrogen and oxygen atoms in total. The number of hydrogen-bond donors (Lipinski definition) is 0. The topological polar surface area (TPSA) is 78.9 Å². The van der Waals surface area contributed by atoms with Gasteiger partial charge in [-0.25, -0.2) is 0 Å². The number of carbonyl (C=O) groups excluding carboxylic acids is 3. The molecule has 1 unspecified atom stereocenters. The van der Waals surface area contributed by atoms with Gasteiger partial charge in [0, 0.05) is 0 Å². The second-order valence-electron chi connectivity index (χ2n) is 6.79. The first-order valence-corrected chi connectivity index (χ1v) is 10.6. The molecule has 158 valence electrons. The molecule has 0 spiro atoms. The average molecular weight is 387 g/mol. The third-order valence-corrected chi connectivity index (χ3v) is 4.19. The van der Waals surface area contributed by atoms with Gasteiger partial charge in [0.05, 0.1) is 26.2 Å². The van der Waals surface area contributed by atoms with E-state index >= 15 is 0 Å². The lowest BCUT2D eigenvalue weighted by atomic mass is 10.1. The second kappa shape index (κ2) is 17.8. The van der Waals surface area contributed by atoms with Crippen molar-refractivity contribution in [1.82, 2.24) is 0 Å². The highest BCUT2D eigenvalue weighted by Crippen LogP contribution is 2.12. The molecule has 0 aromatic rings. The number of ether oxygens (including phenoxy) is 3. The summed E-state index contributed by atoms with van der Waals surface area (Å²) in [4.78, 5) is 36.5. The van der Waals surface area contributed by atoms with Gasteiger partial charge in [-0.2, -0.15) is 0 Å². The summed E-state index contributed by atoms with van der Waals surface area (Å²) < 4.78 is 15.5. The highest BCUT2D eigenvalue weighted by molar-refractivity contribution is 5.98. The fraction of sp³-hybridized carbons (Fsp3) is 0.857. The predicted molar refractivity (Wildman–Crippen MR) is 104 cm³/mol. The van der Waals surface area contributed by atoms with E-state index in [2.05, 4.69) is 13.8 Å². The van der Waals surface area contributed by atoms with Crippen molar-refractivity contribution in [3.05, 3.63) is 0 Å². The third kappa shape index (κ3) is 14.2. The van der Waals surface area contributed by atoms with Crippen LogP contribution in [0, 0.1) is 5.92 Å². The Kier molecular flexibility index (Phi) is 16.8. The molecule has 0 rings (SSSR count). The summed E-state index contributed by atoms with van der Waals surface area (Å²) in [5.41, 5.74) is 0. The van der Waals surface area contributed by atoms with Crippen LogP contribution in [0.3, 0.4) is 0 Å². The number of esters is 3. The Morgan fingerprint density at radius 1 is 0.593 bits per heavy atom. The fourth-order valence-electron chi connectivity index (χ4n) is 2.42. The summed E-state index contributed by atoms with van der Waals surface area (Å²) in [7, 11) is 0. The van der Waals surface area contributed by atoms with Crippen LogP contribution in [0.1, 0.15) is 91.4 Å². The predicted octanol–water partition coefficient (Wildman–Crippen LogP) is 4.58. The van der Waals surface area contributed by atoms with Crippen LogP contribution in [0.2, 0.25) is 0 Å². The molecule has 0 N–H and O–H groups in total. The van der Waals surface area contributed by atoms with Gasteiger partial charge in [0.2, 0.25) is 0 Å². The lowest BCUT2D eigenvalue weighted by Crippen LogP contribution is -2.31. The molecule has 0 aliphatic carbocycles. The Hall–Kier alpha value is -1.59. The molecule has 0 aromatic heterocycles. The fourth-order valence-corrected chi connectivity index (χ4v) is 2.42. The normalized spacial score (nSPS) is 11.7. The van der Waals surface area contributed by atoms with Crippen molar-refractivity contribution < 1.29 is 28.6 Å². The lowest BCUT2D eigenvalue weighted by Gasteiger charge is -2.15. The van der Waals surface area contributed by atoms with Crippen LogP contribution < -0.4 is 0 Å². The second-order valence-corrected chi connectivity index (χ2v) is 6.79. The van der Waals surface area contributed by atoms with E-state index in [0.29, 0.717) is 13.0 Å². The lowest BCUT2D eigenvalue weighted by molar-refractivity contribution is -0.167. The average Bonchev–Trinajstić information content (AvgIpc) is 2.65. The van der Waals surface area contributed by atoms with Crippen molar-refractivity contribution in [3.63, 3.8) is 0 Å². The van der Waals surface area contributed by atoms with Gasteiger partial charge in [-0.15, -0.1) is 0 Å². The van der Waals surface area contributed by atoms with Gasteiger partial charge in [0.15, 0.2) is 5.92 Å². The van der Waals surface area contributed by atoms with E-state index in [1.54, 1.807) is 0 Å². The van der Waals surface area contributed by atoms with Crippen LogP contribution in [0.4, 0.5) is 0 Å². The van der Waals surface area contributed by atoms with E-state index < -0.39 is 23.8 Å². The Bertz CT molecular complexity index is 407. The molecule has 1 atom stereocenters. The molecule has 0 saturated carbocycles. The summed E-state index contributed by atoms with van der Waals surface area (Å²) in [5.74, 6) is -3.20. The van der Waals surface area contributed by atoms with Gasteiger partial charge in [0.25, 0.3) is 0 Å². The Balaban J connectivity index is 4.47.